The number of unbranched alkanes of at least 4 members (excludes halogenated alkanes) is 2. The first kappa shape index (κ1) is 14.6. The third-order valence-corrected chi connectivity index (χ3v) is 3.93. The van der Waals surface area contributed by atoms with Crippen molar-refractivity contribution in [2.75, 3.05) is 5.32 Å². The van der Waals surface area contributed by atoms with Gasteiger partial charge >= 0.3 is 0 Å². The molecule has 0 aliphatic carbocycles. The third kappa shape index (κ3) is 3.30. The first-order chi connectivity index (χ1) is 10.9. The summed E-state index contributed by atoms with van der Waals surface area (Å²) >= 11 is 0. The van der Waals surface area contributed by atoms with Gasteiger partial charge in [-0.15, -0.1) is 0 Å². The third-order valence-electron chi connectivity index (χ3n) is 3.93. The second kappa shape index (κ2) is 7.12. The van der Waals surface area contributed by atoms with Crippen molar-refractivity contribution in [1.29, 1.82) is 0 Å². The topological polar surface area (TPSA) is 29.9 Å². The van der Waals surface area contributed by atoms with Crippen molar-refractivity contribution in [3.63, 3.8) is 0 Å². The Morgan fingerprint density at radius 1 is 0.955 bits per heavy atom. The van der Waals surface area contributed by atoms with Gasteiger partial charge in [-0.1, -0.05) is 62.2 Å². The molecule has 3 nitrogen and oxygen atoms in total. The monoisotopic (exact) mass is 293 g/mol. The number of benzene rings is 2. The van der Waals surface area contributed by atoms with Crippen LogP contribution in [0.3, 0.4) is 0 Å². The molecule has 3 aromatic rings. The summed E-state index contributed by atoms with van der Waals surface area (Å²) in [4.78, 5) is 4.76. The molecule has 0 unspecified atom stereocenters. The van der Waals surface area contributed by atoms with Crippen LogP contribution in [-0.2, 0) is 13.1 Å². The molecule has 2 aromatic carbocycles. The largest absolute Gasteiger partial charge is 0.352 e. The molecule has 0 fully saturated rings. The van der Waals surface area contributed by atoms with E-state index in [4.69, 9.17) is 4.98 Å². The van der Waals surface area contributed by atoms with Crippen molar-refractivity contribution in [3.05, 3.63) is 60.2 Å². The quantitative estimate of drug-likeness (QED) is 0.632. The first-order valence-electron chi connectivity index (χ1n) is 8.11. The summed E-state index contributed by atoms with van der Waals surface area (Å²) in [6, 6.07) is 18.8. The molecule has 0 aliphatic heterocycles. The van der Waals surface area contributed by atoms with Gasteiger partial charge in [0.1, 0.15) is 0 Å². The Morgan fingerprint density at radius 2 is 1.73 bits per heavy atom. The number of nitrogens with one attached hydrogen (secondary N) is 1. The predicted octanol–water partition coefficient (Wildman–Crippen LogP) is 4.84. The number of anilines is 1. The van der Waals surface area contributed by atoms with Gasteiger partial charge in [0.15, 0.2) is 0 Å². The van der Waals surface area contributed by atoms with Crippen LogP contribution < -0.4 is 5.32 Å². The highest BCUT2D eigenvalue weighted by Gasteiger charge is 2.09. The fourth-order valence-electron chi connectivity index (χ4n) is 2.73. The predicted molar refractivity (Wildman–Crippen MR) is 93.0 cm³/mol. The van der Waals surface area contributed by atoms with Gasteiger partial charge in [0.25, 0.3) is 0 Å². The number of nitrogens with zero attached hydrogens (tertiary/aromatic N) is 2. The average molecular weight is 293 g/mol. The lowest BCUT2D eigenvalue weighted by Crippen LogP contribution is -2.08. The van der Waals surface area contributed by atoms with E-state index in [1.54, 1.807) is 0 Å². The van der Waals surface area contributed by atoms with E-state index < -0.39 is 0 Å². The minimum Gasteiger partial charge on any atom is -0.352 e. The van der Waals surface area contributed by atoms with Gasteiger partial charge in [0.2, 0.25) is 5.95 Å². The van der Waals surface area contributed by atoms with Gasteiger partial charge < -0.3 is 9.88 Å². The summed E-state index contributed by atoms with van der Waals surface area (Å²) in [5.74, 6) is 0.973. The highest BCUT2D eigenvalue weighted by atomic mass is 15.2. The lowest BCUT2D eigenvalue weighted by atomic mass is 10.2. The molecule has 0 amide bonds. The summed E-state index contributed by atoms with van der Waals surface area (Å²) in [7, 11) is 0. The summed E-state index contributed by atoms with van der Waals surface area (Å²) in [6.07, 6.45) is 3.68. The number of hydrogen-bond acceptors (Lipinski definition) is 2. The number of aromatic nitrogens is 2. The second-order valence-electron chi connectivity index (χ2n) is 5.62. The van der Waals surface area contributed by atoms with Crippen LogP contribution in [0, 0.1) is 0 Å². The van der Waals surface area contributed by atoms with Gasteiger partial charge in [-0.2, -0.15) is 0 Å². The van der Waals surface area contributed by atoms with Gasteiger partial charge in [-0.05, 0) is 24.1 Å². The van der Waals surface area contributed by atoms with E-state index in [0.717, 1.165) is 24.6 Å². The Labute approximate surface area is 132 Å². The number of imidazole rings is 1. The molecule has 0 radical (unpaired) electrons. The summed E-state index contributed by atoms with van der Waals surface area (Å²) in [6.45, 7) is 4.06. The van der Waals surface area contributed by atoms with Crippen LogP contribution >= 0.6 is 0 Å². The molecule has 0 saturated carbocycles. The van der Waals surface area contributed by atoms with Crippen LogP contribution in [-0.4, -0.2) is 9.55 Å². The van der Waals surface area contributed by atoms with Crippen LogP contribution in [0.4, 0.5) is 5.95 Å². The molecule has 3 rings (SSSR count). The molecular weight excluding hydrogens is 270 g/mol. The maximum Gasteiger partial charge on any atom is 0.204 e. The molecule has 3 heteroatoms. The zero-order valence-corrected chi connectivity index (χ0v) is 13.1. The number of rotatable bonds is 7. The van der Waals surface area contributed by atoms with E-state index in [1.807, 2.05) is 12.1 Å². The van der Waals surface area contributed by atoms with Gasteiger partial charge in [0.05, 0.1) is 11.0 Å². The molecule has 1 heterocycles. The Morgan fingerprint density at radius 3 is 2.55 bits per heavy atom. The van der Waals surface area contributed by atoms with Crippen LogP contribution in [0.5, 0.6) is 0 Å². The Kier molecular flexibility index (Phi) is 4.74. The maximum absolute atomic E-state index is 4.76. The van der Waals surface area contributed by atoms with Crippen LogP contribution in [0.15, 0.2) is 54.6 Å². The van der Waals surface area contributed by atoms with Crippen molar-refractivity contribution in [3.8, 4) is 0 Å². The molecule has 1 aromatic heterocycles. The smallest absolute Gasteiger partial charge is 0.204 e. The minimum absolute atomic E-state index is 0.804. The Hall–Kier alpha value is -2.29. The molecule has 114 valence electrons. The molecule has 0 aliphatic rings. The van der Waals surface area contributed by atoms with Crippen molar-refractivity contribution >= 4 is 17.0 Å². The van der Waals surface area contributed by atoms with E-state index in [2.05, 4.69) is 59.3 Å². The van der Waals surface area contributed by atoms with E-state index >= 15 is 0 Å². The molecule has 1 N–H and O–H groups in total. The molecule has 0 saturated heterocycles. The summed E-state index contributed by atoms with van der Waals surface area (Å²) in [5, 5.41) is 3.50. The number of hydrogen-bond donors (Lipinski definition) is 1. The van der Waals surface area contributed by atoms with Crippen molar-refractivity contribution in [1.82, 2.24) is 9.55 Å². The number of para-hydroxylation sites is 2. The maximum atomic E-state index is 4.76. The lowest BCUT2D eigenvalue weighted by molar-refractivity contribution is 0.616. The molecule has 22 heavy (non-hydrogen) atoms. The minimum atomic E-state index is 0.804. The fraction of sp³-hybridized carbons (Fsp3) is 0.316. The standard InChI is InChI=1S/C19H23N3/c1-2-3-9-14-22-18-13-8-7-12-17(18)21-19(22)20-15-16-10-5-4-6-11-16/h4-8,10-13H,2-3,9,14-15H2,1H3,(H,20,21). The second-order valence-corrected chi connectivity index (χ2v) is 5.62. The van der Waals surface area contributed by atoms with Crippen LogP contribution in [0.1, 0.15) is 31.7 Å². The molecule has 0 bridgehead atoms. The average Bonchev–Trinajstić information content (AvgIpc) is 2.92. The summed E-state index contributed by atoms with van der Waals surface area (Å²) in [5.41, 5.74) is 3.55. The van der Waals surface area contributed by atoms with Gasteiger partial charge in [0, 0.05) is 13.1 Å². The molecular formula is C19H23N3. The van der Waals surface area contributed by atoms with E-state index in [0.29, 0.717) is 0 Å². The van der Waals surface area contributed by atoms with Crippen molar-refractivity contribution in [2.45, 2.75) is 39.3 Å². The van der Waals surface area contributed by atoms with Crippen LogP contribution in [0.25, 0.3) is 11.0 Å². The van der Waals surface area contributed by atoms with E-state index in [9.17, 15) is 0 Å². The lowest BCUT2D eigenvalue weighted by Gasteiger charge is -2.10. The van der Waals surface area contributed by atoms with Gasteiger partial charge in [-0.25, -0.2) is 4.98 Å². The van der Waals surface area contributed by atoms with Crippen molar-refractivity contribution in [2.24, 2.45) is 0 Å². The van der Waals surface area contributed by atoms with Crippen molar-refractivity contribution < 1.29 is 0 Å². The molecule has 0 atom stereocenters. The summed E-state index contributed by atoms with van der Waals surface area (Å²) < 4.78 is 2.31. The highest BCUT2D eigenvalue weighted by molar-refractivity contribution is 5.78. The zero-order chi connectivity index (χ0) is 15.2. The van der Waals surface area contributed by atoms with Gasteiger partial charge in [-0.3, -0.25) is 0 Å². The number of fused-ring (bicyclic) bond motifs is 1. The zero-order valence-electron chi connectivity index (χ0n) is 13.1. The SMILES string of the molecule is CCCCCn1c(NCc2ccccc2)nc2ccccc21. The number of aryl methyl sites for hydroxylation is 1. The van der Waals surface area contributed by atoms with E-state index in [1.165, 1.54) is 30.3 Å². The first-order valence-corrected chi connectivity index (χ1v) is 8.11. The van der Waals surface area contributed by atoms with E-state index in [-0.39, 0.29) is 0 Å². The highest BCUT2D eigenvalue weighted by Crippen LogP contribution is 2.21. The Balaban J connectivity index is 1.82. The molecule has 0 spiro atoms. The van der Waals surface area contributed by atoms with Crippen LogP contribution in [0.2, 0.25) is 0 Å². The Bertz CT molecular complexity index is 716. The normalized spacial score (nSPS) is 11.0. The fourth-order valence-corrected chi connectivity index (χ4v) is 2.73.